The molecule has 2 aromatic heterocycles. The van der Waals surface area contributed by atoms with Crippen molar-refractivity contribution in [3.63, 3.8) is 0 Å². The monoisotopic (exact) mass is 376 g/mol. The predicted molar refractivity (Wildman–Crippen MR) is 106 cm³/mol. The lowest BCUT2D eigenvalue weighted by molar-refractivity contribution is 0.248. The molecule has 1 aliphatic heterocycles. The lowest BCUT2D eigenvalue weighted by Gasteiger charge is -2.26. The van der Waals surface area contributed by atoms with E-state index in [1.807, 2.05) is 30.5 Å². The summed E-state index contributed by atoms with van der Waals surface area (Å²) in [5, 5.41) is 9.91. The van der Waals surface area contributed by atoms with Crippen LogP contribution in [0.1, 0.15) is 27.1 Å². The van der Waals surface area contributed by atoms with Crippen molar-refractivity contribution in [3.05, 3.63) is 75.9 Å². The van der Waals surface area contributed by atoms with E-state index in [0.717, 1.165) is 42.9 Å². The van der Waals surface area contributed by atoms with Crippen LogP contribution in [-0.2, 0) is 26.1 Å². The van der Waals surface area contributed by atoms with Crippen molar-refractivity contribution >= 4 is 16.3 Å². The van der Waals surface area contributed by atoms with Gasteiger partial charge in [0.15, 0.2) is 0 Å². The highest BCUT2D eigenvalue weighted by Crippen LogP contribution is 2.34. The highest BCUT2D eigenvalue weighted by molar-refractivity contribution is 7.16. The van der Waals surface area contributed by atoms with Gasteiger partial charge in [-0.25, -0.2) is 0 Å². The maximum absolute atomic E-state index is 9.25. The number of rotatable bonds is 5. The minimum atomic E-state index is 0.517. The molecule has 0 atom stereocenters. The number of pyridine rings is 1. The van der Waals surface area contributed by atoms with E-state index in [2.05, 4.69) is 28.1 Å². The predicted octanol–water partition coefficient (Wildman–Crippen LogP) is 3.73. The maximum atomic E-state index is 9.25. The van der Waals surface area contributed by atoms with E-state index < -0.39 is 0 Å². The van der Waals surface area contributed by atoms with E-state index in [1.165, 1.54) is 10.4 Å². The summed E-state index contributed by atoms with van der Waals surface area (Å²) in [5.74, 6) is 0.855. The molecule has 0 aliphatic carbocycles. The molecule has 3 aromatic rings. The van der Waals surface area contributed by atoms with Crippen LogP contribution in [0.15, 0.2) is 48.8 Å². The second-order valence-electron chi connectivity index (χ2n) is 6.61. The number of hydrogen-bond acceptors (Lipinski definition) is 6. The van der Waals surface area contributed by atoms with E-state index in [1.54, 1.807) is 17.5 Å². The molecule has 27 heavy (non-hydrogen) atoms. The summed E-state index contributed by atoms with van der Waals surface area (Å²) in [6.45, 7) is 3.19. The third-order valence-electron chi connectivity index (χ3n) is 4.73. The topological polar surface area (TPSA) is 75.2 Å². The Morgan fingerprint density at radius 2 is 2.07 bits per heavy atom. The average Bonchev–Trinajstić information content (AvgIpc) is 3.02. The van der Waals surface area contributed by atoms with Crippen molar-refractivity contribution in [1.82, 2.24) is 9.88 Å². The molecule has 136 valence electrons. The van der Waals surface area contributed by atoms with Gasteiger partial charge in [0.1, 0.15) is 23.4 Å². The quantitative estimate of drug-likeness (QED) is 0.734. The van der Waals surface area contributed by atoms with Crippen molar-refractivity contribution in [2.75, 3.05) is 12.3 Å². The Kier molecular flexibility index (Phi) is 5.05. The minimum absolute atomic E-state index is 0.517. The van der Waals surface area contributed by atoms with Crippen LogP contribution in [0.2, 0.25) is 0 Å². The minimum Gasteiger partial charge on any atom is -0.489 e. The molecular formula is C21H20N4OS. The highest BCUT2D eigenvalue weighted by atomic mass is 32.1. The summed E-state index contributed by atoms with van der Waals surface area (Å²) in [7, 11) is 0. The SMILES string of the molecule is N#Cc1c(N)sc2c1CCN(Cc1ccc(OCc3cccnc3)cc1)C2. The van der Waals surface area contributed by atoms with Gasteiger partial charge in [0, 0.05) is 42.5 Å². The fraction of sp³-hybridized carbons (Fsp3) is 0.238. The Balaban J connectivity index is 1.35. The third kappa shape index (κ3) is 3.95. The van der Waals surface area contributed by atoms with E-state index in [0.29, 0.717) is 17.2 Å². The molecule has 1 aliphatic rings. The summed E-state index contributed by atoms with van der Waals surface area (Å²) in [4.78, 5) is 7.72. The fourth-order valence-electron chi connectivity index (χ4n) is 3.33. The number of anilines is 1. The molecule has 0 spiro atoms. The van der Waals surface area contributed by atoms with Gasteiger partial charge in [0.2, 0.25) is 0 Å². The molecule has 4 rings (SSSR count). The fourth-order valence-corrected chi connectivity index (χ4v) is 4.45. The van der Waals surface area contributed by atoms with Crippen molar-refractivity contribution in [1.29, 1.82) is 5.26 Å². The van der Waals surface area contributed by atoms with Crippen LogP contribution in [0.25, 0.3) is 0 Å². The van der Waals surface area contributed by atoms with Crippen molar-refractivity contribution in [3.8, 4) is 11.8 Å². The number of hydrogen-bond donors (Lipinski definition) is 1. The van der Waals surface area contributed by atoms with Crippen LogP contribution in [-0.4, -0.2) is 16.4 Å². The van der Waals surface area contributed by atoms with Crippen molar-refractivity contribution in [2.45, 2.75) is 26.1 Å². The summed E-state index contributed by atoms with van der Waals surface area (Å²) >= 11 is 1.55. The van der Waals surface area contributed by atoms with Crippen LogP contribution in [0.5, 0.6) is 5.75 Å². The summed E-state index contributed by atoms with van der Waals surface area (Å²) in [6, 6.07) is 14.4. The summed E-state index contributed by atoms with van der Waals surface area (Å²) in [5.41, 5.74) is 10.1. The first-order chi connectivity index (χ1) is 13.2. The number of benzene rings is 1. The number of nitrogens with zero attached hydrogens (tertiary/aromatic N) is 3. The Morgan fingerprint density at radius 3 is 2.81 bits per heavy atom. The van der Waals surface area contributed by atoms with Crippen LogP contribution in [0, 0.1) is 11.3 Å². The van der Waals surface area contributed by atoms with Gasteiger partial charge < -0.3 is 10.5 Å². The molecule has 0 amide bonds. The zero-order chi connectivity index (χ0) is 18.6. The van der Waals surface area contributed by atoms with Gasteiger partial charge in [-0.05, 0) is 35.7 Å². The van der Waals surface area contributed by atoms with Gasteiger partial charge in [0.25, 0.3) is 0 Å². The Hall–Kier alpha value is -2.88. The molecule has 0 radical (unpaired) electrons. The summed E-state index contributed by atoms with van der Waals surface area (Å²) in [6.07, 6.45) is 4.46. The number of fused-ring (bicyclic) bond motifs is 1. The Morgan fingerprint density at radius 1 is 1.22 bits per heavy atom. The molecule has 0 unspecified atom stereocenters. The Bertz CT molecular complexity index is 960. The first kappa shape index (κ1) is 17.5. The van der Waals surface area contributed by atoms with Crippen LogP contribution in [0.4, 0.5) is 5.00 Å². The molecule has 2 N–H and O–H groups in total. The van der Waals surface area contributed by atoms with Gasteiger partial charge in [-0.1, -0.05) is 18.2 Å². The number of nitriles is 1. The molecule has 5 nitrogen and oxygen atoms in total. The molecule has 0 fully saturated rings. The van der Waals surface area contributed by atoms with Gasteiger partial charge in [0.05, 0.1) is 5.56 Å². The maximum Gasteiger partial charge on any atom is 0.119 e. The Labute approximate surface area is 162 Å². The molecule has 6 heteroatoms. The van der Waals surface area contributed by atoms with E-state index in [4.69, 9.17) is 10.5 Å². The van der Waals surface area contributed by atoms with E-state index in [-0.39, 0.29) is 0 Å². The standard InChI is InChI=1S/C21H20N4OS/c22-10-19-18-7-9-25(13-20(18)27-21(19)23)12-15-3-5-17(6-4-15)26-14-16-2-1-8-24-11-16/h1-6,8,11H,7,9,12-14,23H2. The first-order valence-electron chi connectivity index (χ1n) is 8.86. The second kappa shape index (κ2) is 7.78. The molecule has 0 saturated carbocycles. The molecular weight excluding hydrogens is 356 g/mol. The van der Waals surface area contributed by atoms with Crippen molar-refractivity contribution < 1.29 is 4.74 Å². The smallest absolute Gasteiger partial charge is 0.119 e. The number of aromatic nitrogens is 1. The zero-order valence-corrected chi connectivity index (χ0v) is 15.7. The van der Waals surface area contributed by atoms with Crippen LogP contribution in [0.3, 0.4) is 0 Å². The number of thiophene rings is 1. The third-order valence-corrected chi connectivity index (χ3v) is 5.78. The normalized spacial score (nSPS) is 13.7. The number of nitrogens with two attached hydrogens (primary N) is 1. The zero-order valence-electron chi connectivity index (χ0n) is 14.9. The second-order valence-corrected chi connectivity index (χ2v) is 7.75. The number of nitrogen functional groups attached to an aromatic ring is 1. The van der Waals surface area contributed by atoms with Crippen LogP contribution < -0.4 is 10.5 Å². The highest BCUT2D eigenvalue weighted by Gasteiger charge is 2.23. The molecule has 0 bridgehead atoms. The van der Waals surface area contributed by atoms with E-state index in [9.17, 15) is 5.26 Å². The first-order valence-corrected chi connectivity index (χ1v) is 9.67. The largest absolute Gasteiger partial charge is 0.489 e. The van der Waals surface area contributed by atoms with Gasteiger partial charge in [-0.3, -0.25) is 9.88 Å². The van der Waals surface area contributed by atoms with Gasteiger partial charge >= 0.3 is 0 Å². The summed E-state index contributed by atoms with van der Waals surface area (Å²) < 4.78 is 5.82. The average molecular weight is 376 g/mol. The van der Waals surface area contributed by atoms with Crippen molar-refractivity contribution in [2.24, 2.45) is 0 Å². The van der Waals surface area contributed by atoms with Crippen LogP contribution >= 0.6 is 11.3 Å². The lowest BCUT2D eigenvalue weighted by Crippen LogP contribution is -2.29. The lowest BCUT2D eigenvalue weighted by atomic mass is 10.0. The molecule has 3 heterocycles. The van der Waals surface area contributed by atoms with E-state index >= 15 is 0 Å². The molecule has 0 saturated heterocycles. The number of ether oxygens (including phenoxy) is 1. The van der Waals surface area contributed by atoms with Gasteiger partial charge in [-0.2, -0.15) is 5.26 Å². The van der Waals surface area contributed by atoms with Gasteiger partial charge in [-0.15, -0.1) is 11.3 Å². The molecule has 1 aromatic carbocycles.